The van der Waals surface area contributed by atoms with Gasteiger partial charge in [-0.3, -0.25) is 43.2 Å². The van der Waals surface area contributed by atoms with Crippen LogP contribution in [0, 0.1) is 16.2 Å². The maximum Gasteiger partial charge on any atom is 1.00 e. The first kappa shape index (κ1) is 65.6. The Morgan fingerprint density at radius 1 is 0.587 bits per heavy atom. The molecule has 0 atom stereocenters. The zero-order valence-corrected chi connectivity index (χ0v) is 39.8. The van der Waals surface area contributed by atoms with Gasteiger partial charge in [0.15, 0.2) is 0 Å². The van der Waals surface area contributed by atoms with Crippen LogP contribution < -0.4 is 35.2 Å². The van der Waals surface area contributed by atoms with Gasteiger partial charge < -0.3 is 56.2 Å². The molecule has 63 heavy (non-hydrogen) atoms. The van der Waals surface area contributed by atoms with E-state index in [9.17, 15) is 43.2 Å². The zero-order chi connectivity index (χ0) is 46.1. The number of carboxylic acids is 2. The fourth-order valence-electron chi connectivity index (χ4n) is 5.60. The van der Waals surface area contributed by atoms with Gasteiger partial charge in [0.25, 0.3) is 0 Å². The van der Waals surface area contributed by atoms with Crippen LogP contribution in [0.4, 0.5) is 0 Å². The summed E-state index contributed by atoms with van der Waals surface area (Å²) in [5, 5.41) is 22.6. The summed E-state index contributed by atoms with van der Waals surface area (Å²) >= 11 is 0. The van der Waals surface area contributed by atoms with Crippen molar-refractivity contribution in [2.45, 2.75) is 119 Å². The molecule has 0 saturated carbocycles. The van der Waals surface area contributed by atoms with Crippen LogP contribution in [0.25, 0.3) is 0 Å². The Balaban J connectivity index is -0.000000378. The van der Waals surface area contributed by atoms with Crippen LogP contribution in [0.2, 0.25) is 0 Å². The number of carboxylic acid groups (broad SMARTS) is 2. The summed E-state index contributed by atoms with van der Waals surface area (Å²) in [5.74, 6) is -2.44. The number of piperidine rings is 3. The van der Waals surface area contributed by atoms with Crippen molar-refractivity contribution in [2.24, 2.45) is 22.0 Å². The maximum atomic E-state index is 11.7. The molecule has 0 spiro atoms. The van der Waals surface area contributed by atoms with E-state index in [0.29, 0.717) is 52.0 Å². The van der Waals surface area contributed by atoms with E-state index in [-0.39, 0.29) is 111 Å². The monoisotopic (exact) mass is 917 g/mol. The minimum Gasteiger partial charge on any atom is -0.870 e. The van der Waals surface area contributed by atoms with Crippen molar-refractivity contribution in [2.75, 3.05) is 73.1 Å². The number of hydrogen-bond donors (Lipinski definition) is 5. The van der Waals surface area contributed by atoms with E-state index in [0.717, 1.165) is 51.6 Å². The molecule has 0 radical (unpaired) electrons. The van der Waals surface area contributed by atoms with Crippen molar-refractivity contribution in [3.05, 3.63) is 0 Å². The first-order valence-electron chi connectivity index (χ1n) is 20.6. The number of rotatable bonds is 17. The topological polar surface area (TPSA) is 302 Å². The summed E-state index contributed by atoms with van der Waals surface area (Å²) in [6.45, 7) is 14.1. The van der Waals surface area contributed by atoms with E-state index in [1.54, 1.807) is 56.2 Å². The molecule has 3 fully saturated rings. The molecular weight excluding hydrogens is 843 g/mol. The van der Waals surface area contributed by atoms with Crippen molar-refractivity contribution in [3.63, 3.8) is 0 Å². The molecule has 22 heteroatoms. The van der Waals surface area contributed by atoms with Gasteiger partial charge in [-0.25, -0.2) is 0 Å². The number of ether oxygens (including phenoxy) is 2. The molecule has 0 aromatic carbocycles. The third kappa shape index (κ3) is 27.8. The van der Waals surface area contributed by atoms with Gasteiger partial charge in [-0.2, -0.15) is 0 Å². The molecule has 3 rings (SSSR count). The van der Waals surface area contributed by atoms with Gasteiger partial charge in [-0.05, 0) is 80.1 Å². The van der Waals surface area contributed by atoms with Gasteiger partial charge in [0.1, 0.15) is 0 Å². The van der Waals surface area contributed by atoms with E-state index < -0.39 is 28.2 Å². The number of amides is 5. The Bertz CT molecular complexity index is 1470. The van der Waals surface area contributed by atoms with Crippen molar-refractivity contribution in [3.8, 4) is 0 Å². The zero-order valence-electron chi connectivity index (χ0n) is 39.0. The van der Waals surface area contributed by atoms with E-state index in [4.69, 9.17) is 15.9 Å². The van der Waals surface area contributed by atoms with Gasteiger partial charge in [-0.15, -0.1) is 12.4 Å². The van der Waals surface area contributed by atoms with E-state index >= 15 is 0 Å². The number of aliphatic carboxylic acids is 2. The fourth-order valence-corrected chi connectivity index (χ4v) is 5.60. The van der Waals surface area contributed by atoms with Gasteiger partial charge in [-0.1, -0.05) is 0 Å². The van der Waals surface area contributed by atoms with Crippen LogP contribution in [0.15, 0.2) is 0 Å². The van der Waals surface area contributed by atoms with Crippen LogP contribution in [-0.4, -0.2) is 157 Å². The number of halogens is 1. The van der Waals surface area contributed by atoms with Gasteiger partial charge in [0.2, 0.25) is 29.5 Å². The number of likely N-dealkylation sites (tertiary alicyclic amines) is 3. The van der Waals surface area contributed by atoms with Crippen molar-refractivity contribution < 1.29 is 87.2 Å². The maximum absolute atomic E-state index is 11.7. The van der Waals surface area contributed by atoms with Crippen molar-refractivity contribution in [1.82, 2.24) is 25.3 Å². The van der Waals surface area contributed by atoms with Crippen LogP contribution in [0.1, 0.15) is 119 Å². The van der Waals surface area contributed by atoms with E-state index in [1.807, 2.05) is 0 Å². The summed E-state index contributed by atoms with van der Waals surface area (Å²) in [5.41, 5.74) is 3.03. The minimum atomic E-state index is -0.976. The SMILES string of the molecule is CC(C)(CNC(=O)CCN1CCCCC1=O)C(=O)O.COC(=O)C(C)(C)CN.COC(=O)C(C)(C)CNC(=O)CCN1CCCCC1=O.Cl.O=C(O)CCN1CCCCC1=O.[Li+].[OH-]. The second-order valence-electron chi connectivity index (χ2n) is 16.9. The molecular formula is C41H74ClLiN6O14. The molecule has 3 heterocycles. The van der Waals surface area contributed by atoms with Crippen LogP contribution in [0.3, 0.4) is 0 Å². The van der Waals surface area contributed by atoms with Gasteiger partial charge in [0.05, 0.1) is 36.9 Å². The number of nitrogens with two attached hydrogens (primary N) is 1. The predicted molar refractivity (Wildman–Crippen MR) is 230 cm³/mol. The molecule has 0 aromatic heterocycles. The first-order valence-corrected chi connectivity index (χ1v) is 20.6. The molecule has 5 amide bonds. The van der Waals surface area contributed by atoms with Crippen molar-refractivity contribution in [1.29, 1.82) is 0 Å². The summed E-state index contributed by atoms with van der Waals surface area (Å²) in [6, 6.07) is 0. The quantitative estimate of drug-likeness (QED) is 0.0881. The summed E-state index contributed by atoms with van der Waals surface area (Å²) in [4.78, 5) is 106. The predicted octanol–water partition coefficient (Wildman–Crippen LogP) is -0.813. The number of hydrogen-bond acceptors (Lipinski definition) is 13. The molecule has 0 unspecified atom stereocenters. The second-order valence-corrected chi connectivity index (χ2v) is 16.9. The first-order chi connectivity index (χ1) is 27.9. The smallest absolute Gasteiger partial charge is 0.870 e. The second kappa shape index (κ2) is 33.5. The molecule has 360 valence electrons. The van der Waals surface area contributed by atoms with E-state index in [1.165, 1.54) is 14.2 Å². The number of carbonyl (C=O) groups is 9. The molecule has 3 aliphatic rings. The number of carbonyl (C=O) groups excluding carboxylic acids is 7. The van der Waals surface area contributed by atoms with Gasteiger partial charge in [0, 0.05) is 91.0 Å². The number of esters is 2. The number of nitrogens with one attached hydrogen (secondary N) is 2. The van der Waals surface area contributed by atoms with Crippen LogP contribution in [-0.2, 0) is 52.6 Å². The third-order valence-corrected chi connectivity index (χ3v) is 10.1. The van der Waals surface area contributed by atoms with Crippen LogP contribution >= 0.6 is 12.4 Å². The minimum absolute atomic E-state index is 0. The summed E-state index contributed by atoms with van der Waals surface area (Å²) in [6.07, 6.45) is 8.08. The van der Waals surface area contributed by atoms with E-state index in [2.05, 4.69) is 20.1 Å². The Kier molecular flexibility index (Phi) is 34.9. The standard InChI is InChI=1S/C14H24N2O4.C13H22N2O4.C8H13NO3.C6H13NO2.ClH.Li.H2O/c1-14(2,13(19)20-3)10-15-11(17)7-9-16-8-5-4-6-12(16)18;1-13(2,12(18)19)9-14-10(16)6-8-15-7-4-3-5-11(15)17;10-7-3-1-2-5-9(7)6-4-8(11)12;1-6(2,4-7)5(8)9-3;;;/h4-10H2,1-3H3,(H,15,17);3-9H2,1-2H3,(H,14,16)(H,18,19);1-6H2,(H,11,12);4,7H2,1-3H3;1H;;1H2/q;;;;;+1;/p-1. The molecule has 3 saturated heterocycles. The molecule has 0 aromatic rings. The Hall–Kier alpha value is -3.96. The fraction of sp³-hybridized carbons (Fsp3) is 0.780. The number of nitrogens with zero attached hydrogens (tertiary/aromatic N) is 3. The third-order valence-electron chi connectivity index (χ3n) is 10.1. The Morgan fingerprint density at radius 3 is 1.17 bits per heavy atom. The molecule has 3 aliphatic heterocycles. The summed E-state index contributed by atoms with van der Waals surface area (Å²) < 4.78 is 9.16. The molecule has 20 nitrogen and oxygen atoms in total. The average molecular weight is 917 g/mol. The molecule has 7 N–H and O–H groups in total. The molecule has 0 bridgehead atoms. The largest absolute Gasteiger partial charge is 1.00 e. The van der Waals surface area contributed by atoms with Crippen molar-refractivity contribution >= 4 is 65.8 Å². The Morgan fingerprint density at radius 2 is 0.905 bits per heavy atom. The van der Waals surface area contributed by atoms with Crippen LogP contribution in [0.5, 0.6) is 0 Å². The summed E-state index contributed by atoms with van der Waals surface area (Å²) in [7, 11) is 2.69. The Labute approximate surface area is 390 Å². The number of methoxy groups -OCH3 is 2. The van der Waals surface area contributed by atoms with Gasteiger partial charge >= 0.3 is 42.7 Å². The average Bonchev–Trinajstić information content (AvgIpc) is 3.21. The molecule has 0 aliphatic carbocycles. The normalized spacial score (nSPS) is 15.0.